The molecular weight excluding hydrogens is 391 g/mol. The molecule has 0 aliphatic heterocycles. The first kappa shape index (κ1) is 19.3. The van der Waals surface area contributed by atoms with Gasteiger partial charge in [-0.15, -0.1) is 22.7 Å². The highest BCUT2D eigenvalue weighted by Gasteiger charge is 2.31. The predicted octanol–water partition coefficient (Wildman–Crippen LogP) is 5.93. The van der Waals surface area contributed by atoms with E-state index >= 15 is 0 Å². The first-order valence-corrected chi connectivity index (χ1v) is 9.61. The smallest absolute Gasteiger partial charge is 0.395 e. The molecule has 8 heteroatoms. The number of pyridine rings is 1. The Morgan fingerprint density at radius 3 is 2.52 bits per heavy atom. The standard InChI is InChI=1S/C19H16F3N3S2/c1-10-4-6-26-18(10)15-7-11(2)17(27-15)12-3-5-25-14(8-12)13(23)9-16(24)19(20,21)22/h3-9,23H,24H2,1-2H3. The van der Waals surface area contributed by atoms with Crippen molar-refractivity contribution in [3.05, 3.63) is 64.4 Å². The van der Waals surface area contributed by atoms with Crippen molar-refractivity contribution in [3.63, 3.8) is 0 Å². The van der Waals surface area contributed by atoms with Crippen LogP contribution in [0.3, 0.4) is 0 Å². The van der Waals surface area contributed by atoms with Crippen LogP contribution < -0.4 is 5.73 Å². The second kappa shape index (κ2) is 7.28. The fraction of sp³-hybridized carbons (Fsp3) is 0.158. The Kier molecular flexibility index (Phi) is 5.21. The maximum absolute atomic E-state index is 12.6. The van der Waals surface area contributed by atoms with Crippen molar-refractivity contribution in [1.29, 1.82) is 5.41 Å². The predicted molar refractivity (Wildman–Crippen MR) is 105 cm³/mol. The van der Waals surface area contributed by atoms with Gasteiger partial charge in [-0.25, -0.2) is 0 Å². The van der Waals surface area contributed by atoms with Gasteiger partial charge in [0.25, 0.3) is 0 Å². The summed E-state index contributed by atoms with van der Waals surface area (Å²) in [6.07, 6.45) is -2.58. The number of nitrogens with zero attached hydrogens (tertiary/aromatic N) is 1. The van der Waals surface area contributed by atoms with Gasteiger partial charge in [0.05, 0.1) is 11.4 Å². The van der Waals surface area contributed by atoms with Crippen LogP contribution in [0.5, 0.6) is 0 Å². The first-order valence-electron chi connectivity index (χ1n) is 7.91. The minimum atomic E-state index is -4.66. The minimum Gasteiger partial charge on any atom is -0.395 e. The van der Waals surface area contributed by atoms with Crippen molar-refractivity contribution in [2.75, 3.05) is 0 Å². The summed E-state index contributed by atoms with van der Waals surface area (Å²) < 4.78 is 37.8. The fourth-order valence-corrected chi connectivity index (χ4v) is 4.82. The molecule has 0 aromatic carbocycles. The van der Waals surface area contributed by atoms with Crippen LogP contribution in [0.1, 0.15) is 16.8 Å². The summed E-state index contributed by atoms with van der Waals surface area (Å²) in [5.41, 5.74) is 6.53. The lowest BCUT2D eigenvalue weighted by Crippen LogP contribution is -2.20. The molecule has 3 aromatic rings. The van der Waals surface area contributed by atoms with Crippen LogP contribution in [-0.4, -0.2) is 16.9 Å². The van der Waals surface area contributed by atoms with Crippen LogP contribution in [0.15, 0.2) is 47.6 Å². The van der Waals surface area contributed by atoms with Crippen LogP contribution in [-0.2, 0) is 0 Å². The van der Waals surface area contributed by atoms with E-state index in [4.69, 9.17) is 11.1 Å². The molecule has 0 spiro atoms. The van der Waals surface area contributed by atoms with Crippen molar-refractivity contribution < 1.29 is 13.2 Å². The summed E-state index contributed by atoms with van der Waals surface area (Å²) in [6, 6.07) is 7.58. The topological polar surface area (TPSA) is 62.8 Å². The van der Waals surface area contributed by atoms with E-state index in [2.05, 4.69) is 24.0 Å². The molecule has 0 aliphatic carbocycles. The van der Waals surface area contributed by atoms with E-state index < -0.39 is 11.9 Å². The summed E-state index contributed by atoms with van der Waals surface area (Å²) in [5.74, 6) is 0. The van der Waals surface area contributed by atoms with Crippen molar-refractivity contribution in [3.8, 4) is 20.2 Å². The molecule has 0 saturated heterocycles. The maximum atomic E-state index is 12.6. The van der Waals surface area contributed by atoms with Gasteiger partial charge in [-0.2, -0.15) is 13.2 Å². The Balaban J connectivity index is 1.96. The third kappa shape index (κ3) is 4.12. The number of rotatable bonds is 4. The van der Waals surface area contributed by atoms with Gasteiger partial charge in [0.15, 0.2) is 0 Å². The first-order chi connectivity index (χ1) is 12.7. The highest BCUT2D eigenvalue weighted by Crippen LogP contribution is 2.41. The summed E-state index contributed by atoms with van der Waals surface area (Å²) >= 11 is 3.29. The molecule has 140 valence electrons. The number of aromatic nitrogens is 1. The number of aryl methyl sites for hydroxylation is 2. The normalized spacial score (nSPS) is 12.4. The quantitative estimate of drug-likeness (QED) is 0.527. The van der Waals surface area contributed by atoms with E-state index in [0.29, 0.717) is 6.08 Å². The van der Waals surface area contributed by atoms with Gasteiger partial charge < -0.3 is 5.73 Å². The number of nitrogens with two attached hydrogens (primary N) is 1. The number of halogens is 3. The average molecular weight is 407 g/mol. The molecule has 0 unspecified atom stereocenters. The van der Waals surface area contributed by atoms with Crippen LogP contribution >= 0.6 is 22.7 Å². The molecule has 0 atom stereocenters. The Labute approximate surface area is 162 Å². The Morgan fingerprint density at radius 1 is 1.15 bits per heavy atom. The molecule has 3 heterocycles. The lowest BCUT2D eigenvalue weighted by Gasteiger charge is -2.07. The zero-order valence-corrected chi connectivity index (χ0v) is 16.1. The maximum Gasteiger partial charge on any atom is 0.430 e. The SMILES string of the molecule is Cc1cc(-c2sccc2C)sc1-c1ccnc(C(=N)C=C(N)C(F)(F)F)c1. The van der Waals surface area contributed by atoms with E-state index in [9.17, 15) is 13.2 Å². The zero-order chi connectivity index (χ0) is 19.8. The molecule has 3 N–H and O–H groups in total. The number of hydrogen-bond acceptors (Lipinski definition) is 5. The monoisotopic (exact) mass is 407 g/mol. The summed E-state index contributed by atoms with van der Waals surface area (Å²) in [6.45, 7) is 4.05. The van der Waals surface area contributed by atoms with E-state index in [-0.39, 0.29) is 11.4 Å². The molecular formula is C19H16F3N3S2. The van der Waals surface area contributed by atoms with Gasteiger partial charge in [0.2, 0.25) is 0 Å². The Hall–Kier alpha value is -2.45. The molecule has 3 aromatic heterocycles. The number of alkyl halides is 3. The van der Waals surface area contributed by atoms with Crippen LogP contribution in [0.25, 0.3) is 20.2 Å². The molecule has 0 radical (unpaired) electrons. The third-order valence-corrected chi connectivity index (χ3v) is 6.41. The molecule has 0 saturated carbocycles. The summed E-state index contributed by atoms with van der Waals surface area (Å²) in [4.78, 5) is 7.37. The van der Waals surface area contributed by atoms with Gasteiger partial charge in [0, 0.05) is 20.8 Å². The molecule has 0 aliphatic rings. The zero-order valence-electron chi connectivity index (χ0n) is 14.5. The van der Waals surface area contributed by atoms with Crippen LogP contribution in [0.2, 0.25) is 0 Å². The van der Waals surface area contributed by atoms with E-state index in [0.717, 1.165) is 20.9 Å². The minimum absolute atomic E-state index is 0.140. The second-order valence-corrected chi connectivity index (χ2v) is 7.96. The van der Waals surface area contributed by atoms with Gasteiger partial charge in [-0.3, -0.25) is 10.4 Å². The second-order valence-electron chi connectivity index (χ2n) is 6.00. The van der Waals surface area contributed by atoms with Crippen molar-refractivity contribution in [1.82, 2.24) is 4.98 Å². The number of hydrogen-bond donors (Lipinski definition) is 2. The third-order valence-electron chi connectivity index (χ3n) is 3.93. The van der Waals surface area contributed by atoms with Crippen LogP contribution in [0, 0.1) is 19.3 Å². The Bertz CT molecular complexity index is 1030. The van der Waals surface area contributed by atoms with Crippen LogP contribution in [0.4, 0.5) is 13.2 Å². The fourth-order valence-electron chi connectivity index (χ4n) is 2.54. The van der Waals surface area contributed by atoms with E-state index in [1.807, 2.05) is 12.3 Å². The molecule has 3 nitrogen and oxygen atoms in total. The van der Waals surface area contributed by atoms with E-state index in [1.165, 1.54) is 16.6 Å². The molecule has 3 rings (SSSR count). The van der Waals surface area contributed by atoms with Crippen molar-refractivity contribution >= 4 is 28.4 Å². The lowest BCUT2D eigenvalue weighted by molar-refractivity contribution is -0.0925. The summed E-state index contributed by atoms with van der Waals surface area (Å²) in [7, 11) is 0. The molecule has 27 heavy (non-hydrogen) atoms. The van der Waals surface area contributed by atoms with Crippen molar-refractivity contribution in [2.45, 2.75) is 20.0 Å². The van der Waals surface area contributed by atoms with Gasteiger partial charge in [-0.1, -0.05) is 0 Å². The number of nitrogens with one attached hydrogen (secondary N) is 1. The van der Waals surface area contributed by atoms with Crippen molar-refractivity contribution in [2.24, 2.45) is 5.73 Å². The molecule has 0 fully saturated rings. The highest BCUT2D eigenvalue weighted by atomic mass is 32.1. The Morgan fingerprint density at radius 2 is 1.89 bits per heavy atom. The largest absolute Gasteiger partial charge is 0.430 e. The van der Waals surface area contributed by atoms with Gasteiger partial charge in [0.1, 0.15) is 5.70 Å². The lowest BCUT2D eigenvalue weighted by atomic mass is 10.1. The number of allylic oxidation sites excluding steroid dienone is 2. The van der Waals surface area contributed by atoms with Gasteiger partial charge >= 0.3 is 6.18 Å². The van der Waals surface area contributed by atoms with E-state index in [1.54, 1.807) is 34.8 Å². The highest BCUT2D eigenvalue weighted by molar-refractivity contribution is 7.23. The molecule has 0 amide bonds. The number of thiophene rings is 2. The molecule has 0 bridgehead atoms. The average Bonchev–Trinajstić information content (AvgIpc) is 3.19. The summed E-state index contributed by atoms with van der Waals surface area (Å²) in [5, 5.41) is 9.93. The van der Waals surface area contributed by atoms with Gasteiger partial charge in [-0.05, 0) is 66.3 Å².